The molecule has 3 rings (SSSR count). The summed E-state index contributed by atoms with van der Waals surface area (Å²) in [6.45, 7) is 5.00. The third-order valence-electron chi connectivity index (χ3n) is 3.53. The summed E-state index contributed by atoms with van der Waals surface area (Å²) < 4.78 is 12.3. The molecule has 0 aliphatic carbocycles. The van der Waals surface area contributed by atoms with E-state index in [-0.39, 0.29) is 0 Å². The molecule has 0 amide bonds. The van der Waals surface area contributed by atoms with Gasteiger partial charge in [-0.1, -0.05) is 15.9 Å². The zero-order valence-corrected chi connectivity index (χ0v) is 12.5. The van der Waals surface area contributed by atoms with Crippen LogP contribution in [0.25, 0.3) is 11.0 Å². The molecule has 1 saturated heterocycles. The molecule has 1 aliphatic heterocycles. The molecule has 0 saturated carbocycles. The van der Waals surface area contributed by atoms with Gasteiger partial charge in [-0.25, -0.2) is 0 Å². The van der Waals surface area contributed by atoms with E-state index in [1.54, 1.807) is 0 Å². The molecule has 102 valence electrons. The molecule has 3 nitrogen and oxygen atoms in total. The molecule has 2 heterocycles. The fraction of sp³-hybridized carbons (Fsp3) is 0.467. The Bertz CT molecular complexity index is 546. The van der Waals surface area contributed by atoms with Crippen LogP contribution >= 0.6 is 15.9 Å². The Morgan fingerprint density at radius 2 is 2.00 bits per heavy atom. The molecule has 0 spiro atoms. The van der Waals surface area contributed by atoms with Gasteiger partial charge in [0, 0.05) is 29.4 Å². The molecule has 0 unspecified atom stereocenters. The predicted molar refractivity (Wildman–Crippen MR) is 79.5 cm³/mol. The van der Waals surface area contributed by atoms with Gasteiger partial charge in [-0.15, -0.1) is 0 Å². The maximum atomic E-state index is 5.85. The number of aryl methyl sites for hydroxylation is 1. The second-order valence-corrected chi connectivity index (χ2v) is 5.87. The lowest BCUT2D eigenvalue weighted by Crippen LogP contribution is -2.36. The van der Waals surface area contributed by atoms with Gasteiger partial charge in [-0.05, 0) is 37.2 Å². The minimum absolute atomic E-state index is 0.874. The first-order valence-corrected chi connectivity index (χ1v) is 7.59. The molecule has 2 aromatic rings. The van der Waals surface area contributed by atoms with E-state index in [0.717, 1.165) is 61.5 Å². The highest BCUT2D eigenvalue weighted by Gasteiger charge is 2.10. The highest BCUT2D eigenvalue weighted by molar-refractivity contribution is 9.10. The first-order chi connectivity index (χ1) is 9.31. The van der Waals surface area contributed by atoms with Crippen molar-refractivity contribution in [3.05, 3.63) is 34.5 Å². The van der Waals surface area contributed by atoms with E-state index < -0.39 is 0 Å². The summed E-state index contributed by atoms with van der Waals surface area (Å²) in [4.78, 5) is 2.46. The average Bonchev–Trinajstić information content (AvgIpc) is 2.82. The Balaban J connectivity index is 1.56. The first-order valence-electron chi connectivity index (χ1n) is 6.79. The number of morpholine rings is 1. The largest absolute Gasteiger partial charge is 0.461 e. The number of halogens is 1. The van der Waals surface area contributed by atoms with E-state index in [9.17, 15) is 0 Å². The third kappa shape index (κ3) is 3.38. The Labute approximate surface area is 121 Å². The van der Waals surface area contributed by atoms with Crippen LogP contribution in [0.5, 0.6) is 0 Å². The Morgan fingerprint density at radius 1 is 1.16 bits per heavy atom. The van der Waals surface area contributed by atoms with Crippen molar-refractivity contribution in [3.8, 4) is 0 Å². The standard InChI is InChI=1S/C15H18BrNO2/c16-13-3-4-15-12(10-13)11-14(19-15)2-1-5-17-6-8-18-9-7-17/h3-4,10-11H,1-2,5-9H2. The second kappa shape index (κ2) is 6.07. The summed E-state index contributed by atoms with van der Waals surface area (Å²) in [6, 6.07) is 8.29. The van der Waals surface area contributed by atoms with Crippen LogP contribution in [0.4, 0.5) is 0 Å². The smallest absolute Gasteiger partial charge is 0.134 e. The molecule has 0 radical (unpaired) electrons. The number of ether oxygens (including phenoxy) is 1. The Hall–Kier alpha value is -0.840. The van der Waals surface area contributed by atoms with Crippen molar-refractivity contribution in [2.24, 2.45) is 0 Å². The van der Waals surface area contributed by atoms with Crippen LogP contribution in [0.3, 0.4) is 0 Å². The van der Waals surface area contributed by atoms with Crippen molar-refractivity contribution in [2.75, 3.05) is 32.8 Å². The minimum atomic E-state index is 0.874. The Morgan fingerprint density at radius 3 is 2.84 bits per heavy atom. The number of rotatable bonds is 4. The van der Waals surface area contributed by atoms with Crippen molar-refractivity contribution < 1.29 is 9.15 Å². The number of furan rings is 1. The maximum Gasteiger partial charge on any atom is 0.134 e. The predicted octanol–water partition coefficient (Wildman–Crippen LogP) is 3.46. The molecule has 4 heteroatoms. The summed E-state index contributed by atoms with van der Waals surface area (Å²) in [5.74, 6) is 1.08. The molecule has 1 aromatic carbocycles. The van der Waals surface area contributed by atoms with Crippen molar-refractivity contribution in [1.82, 2.24) is 4.90 Å². The van der Waals surface area contributed by atoms with E-state index in [1.165, 1.54) is 5.39 Å². The van der Waals surface area contributed by atoms with Gasteiger partial charge in [0.15, 0.2) is 0 Å². The number of fused-ring (bicyclic) bond motifs is 1. The van der Waals surface area contributed by atoms with Crippen LogP contribution in [0.2, 0.25) is 0 Å². The average molecular weight is 324 g/mol. The van der Waals surface area contributed by atoms with Crippen molar-refractivity contribution in [2.45, 2.75) is 12.8 Å². The molecule has 19 heavy (non-hydrogen) atoms. The lowest BCUT2D eigenvalue weighted by atomic mass is 10.2. The molecule has 1 fully saturated rings. The van der Waals surface area contributed by atoms with Gasteiger partial charge >= 0.3 is 0 Å². The van der Waals surface area contributed by atoms with Crippen LogP contribution in [0, 0.1) is 0 Å². The van der Waals surface area contributed by atoms with Crippen LogP contribution < -0.4 is 0 Å². The van der Waals surface area contributed by atoms with E-state index in [4.69, 9.17) is 9.15 Å². The SMILES string of the molecule is Brc1ccc2oc(CCCN3CCOCC3)cc2c1. The minimum Gasteiger partial charge on any atom is -0.461 e. The summed E-state index contributed by atoms with van der Waals surface area (Å²) >= 11 is 3.49. The van der Waals surface area contributed by atoms with Crippen molar-refractivity contribution in [1.29, 1.82) is 0 Å². The van der Waals surface area contributed by atoms with Crippen LogP contribution in [0.15, 0.2) is 33.2 Å². The summed E-state index contributed by atoms with van der Waals surface area (Å²) in [7, 11) is 0. The second-order valence-electron chi connectivity index (χ2n) is 4.95. The van der Waals surface area contributed by atoms with Crippen molar-refractivity contribution >= 4 is 26.9 Å². The maximum absolute atomic E-state index is 5.85. The van der Waals surface area contributed by atoms with Gasteiger partial charge in [-0.3, -0.25) is 4.90 Å². The van der Waals surface area contributed by atoms with E-state index >= 15 is 0 Å². The molecule has 1 aromatic heterocycles. The zero-order valence-electron chi connectivity index (χ0n) is 10.9. The first kappa shape index (κ1) is 13.2. The van der Waals surface area contributed by atoms with Gasteiger partial charge in [0.25, 0.3) is 0 Å². The van der Waals surface area contributed by atoms with Crippen LogP contribution in [-0.2, 0) is 11.2 Å². The number of hydrogen-bond acceptors (Lipinski definition) is 3. The van der Waals surface area contributed by atoms with E-state index in [1.807, 2.05) is 12.1 Å². The van der Waals surface area contributed by atoms with E-state index in [0.29, 0.717) is 0 Å². The molecule has 0 atom stereocenters. The van der Waals surface area contributed by atoms with Gasteiger partial charge in [0.05, 0.1) is 13.2 Å². The van der Waals surface area contributed by atoms with Crippen LogP contribution in [0.1, 0.15) is 12.2 Å². The normalized spacial score (nSPS) is 17.1. The number of hydrogen-bond donors (Lipinski definition) is 0. The zero-order chi connectivity index (χ0) is 13.1. The highest BCUT2D eigenvalue weighted by Crippen LogP contribution is 2.24. The lowest BCUT2D eigenvalue weighted by Gasteiger charge is -2.26. The van der Waals surface area contributed by atoms with Crippen molar-refractivity contribution in [3.63, 3.8) is 0 Å². The van der Waals surface area contributed by atoms with Gasteiger partial charge in [0.2, 0.25) is 0 Å². The molecule has 0 N–H and O–H groups in total. The summed E-state index contributed by atoms with van der Waals surface area (Å²) in [5.41, 5.74) is 0.976. The highest BCUT2D eigenvalue weighted by atomic mass is 79.9. The summed E-state index contributed by atoms with van der Waals surface area (Å²) in [5, 5.41) is 1.18. The number of nitrogens with zero attached hydrogens (tertiary/aromatic N) is 1. The van der Waals surface area contributed by atoms with Gasteiger partial charge in [-0.2, -0.15) is 0 Å². The molecule has 1 aliphatic rings. The third-order valence-corrected chi connectivity index (χ3v) is 4.02. The molecule has 0 bridgehead atoms. The van der Waals surface area contributed by atoms with Gasteiger partial charge < -0.3 is 9.15 Å². The lowest BCUT2D eigenvalue weighted by molar-refractivity contribution is 0.0373. The van der Waals surface area contributed by atoms with Gasteiger partial charge in [0.1, 0.15) is 11.3 Å². The topological polar surface area (TPSA) is 25.6 Å². The number of benzene rings is 1. The monoisotopic (exact) mass is 323 g/mol. The van der Waals surface area contributed by atoms with E-state index in [2.05, 4.69) is 33.0 Å². The Kier molecular flexibility index (Phi) is 4.21. The fourth-order valence-electron chi connectivity index (χ4n) is 2.49. The molecular weight excluding hydrogens is 306 g/mol. The summed E-state index contributed by atoms with van der Waals surface area (Å²) in [6.07, 6.45) is 2.14. The fourth-order valence-corrected chi connectivity index (χ4v) is 2.87. The molecular formula is C15H18BrNO2. The van der Waals surface area contributed by atoms with Crippen LogP contribution in [-0.4, -0.2) is 37.7 Å². The quantitative estimate of drug-likeness (QED) is 0.861.